The summed E-state index contributed by atoms with van der Waals surface area (Å²) in [6.45, 7) is 8.45. The third-order valence-corrected chi connectivity index (χ3v) is 5.47. The molecule has 0 saturated heterocycles. The van der Waals surface area contributed by atoms with Crippen LogP contribution in [-0.2, 0) is 6.42 Å². The highest BCUT2D eigenvalue weighted by molar-refractivity contribution is 6.07. The number of pyridine rings is 1. The second-order valence-corrected chi connectivity index (χ2v) is 7.27. The van der Waals surface area contributed by atoms with Crippen molar-refractivity contribution in [3.63, 3.8) is 0 Å². The monoisotopic (exact) mass is 324 g/mol. The molecule has 3 rings (SSSR count). The summed E-state index contributed by atoms with van der Waals surface area (Å²) < 4.78 is 0. The second kappa shape index (κ2) is 6.92. The van der Waals surface area contributed by atoms with Crippen LogP contribution in [0.25, 0.3) is 10.9 Å². The number of carbonyl (C=O) groups is 1. The maximum absolute atomic E-state index is 13.1. The smallest absolute Gasteiger partial charge is 0.252 e. The van der Waals surface area contributed by atoms with E-state index in [1.54, 1.807) is 0 Å². The Morgan fingerprint density at radius 1 is 1.25 bits per heavy atom. The number of aromatic nitrogens is 1. The molecular weight excluding hydrogens is 296 g/mol. The zero-order valence-electron chi connectivity index (χ0n) is 15.3. The number of hydrogen-bond acceptors (Lipinski definition) is 2. The molecule has 1 amide bonds. The van der Waals surface area contributed by atoms with Gasteiger partial charge in [-0.15, -0.1) is 0 Å². The van der Waals surface area contributed by atoms with E-state index in [0.29, 0.717) is 12.0 Å². The molecule has 3 nitrogen and oxygen atoms in total. The Balaban J connectivity index is 2.04. The van der Waals surface area contributed by atoms with E-state index < -0.39 is 0 Å². The molecule has 1 aliphatic carbocycles. The molecule has 0 unspecified atom stereocenters. The van der Waals surface area contributed by atoms with Crippen LogP contribution in [0.1, 0.15) is 66.7 Å². The molecule has 2 atom stereocenters. The maximum atomic E-state index is 13.1. The predicted octanol–water partition coefficient (Wildman–Crippen LogP) is 4.72. The van der Waals surface area contributed by atoms with Gasteiger partial charge in [0, 0.05) is 17.1 Å². The van der Waals surface area contributed by atoms with E-state index in [1.807, 2.05) is 13.0 Å². The molecule has 0 radical (unpaired) electrons. The van der Waals surface area contributed by atoms with Crippen LogP contribution < -0.4 is 5.32 Å². The molecule has 3 heteroatoms. The maximum Gasteiger partial charge on any atom is 0.252 e. The molecule has 1 aliphatic rings. The Hall–Kier alpha value is -1.90. The molecule has 1 aromatic carbocycles. The van der Waals surface area contributed by atoms with Gasteiger partial charge in [-0.1, -0.05) is 38.3 Å². The fraction of sp³-hybridized carbons (Fsp3) is 0.524. The van der Waals surface area contributed by atoms with E-state index in [4.69, 9.17) is 4.98 Å². The molecule has 0 bridgehead atoms. The van der Waals surface area contributed by atoms with E-state index in [0.717, 1.165) is 46.1 Å². The summed E-state index contributed by atoms with van der Waals surface area (Å²) in [4.78, 5) is 17.9. The molecular formula is C21H28N2O. The van der Waals surface area contributed by atoms with E-state index in [9.17, 15) is 4.79 Å². The lowest BCUT2D eigenvalue weighted by Crippen LogP contribution is -2.41. The third kappa shape index (κ3) is 3.17. The predicted molar refractivity (Wildman–Crippen MR) is 99.5 cm³/mol. The average molecular weight is 324 g/mol. The number of nitrogens with one attached hydrogen (secondary N) is 1. The van der Waals surface area contributed by atoms with Crippen LogP contribution in [0.3, 0.4) is 0 Å². The van der Waals surface area contributed by atoms with Gasteiger partial charge in [0.15, 0.2) is 0 Å². The molecule has 1 N–H and O–H groups in total. The number of benzene rings is 1. The molecule has 2 aromatic rings. The fourth-order valence-electron chi connectivity index (χ4n) is 3.93. The van der Waals surface area contributed by atoms with Gasteiger partial charge >= 0.3 is 0 Å². The van der Waals surface area contributed by atoms with Gasteiger partial charge < -0.3 is 5.32 Å². The first-order valence-corrected chi connectivity index (χ1v) is 9.22. The lowest BCUT2D eigenvalue weighted by molar-refractivity contribution is 0.0911. The van der Waals surface area contributed by atoms with Gasteiger partial charge in [-0.05, 0) is 56.7 Å². The van der Waals surface area contributed by atoms with Crippen molar-refractivity contribution in [1.82, 2.24) is 10.3 Å². The molecule has 1 heterocycles. The highest BCUT2D eigenvalue weighted by atomic mass is 16.1. The molecule has 0 aliphatic heterocycles. The quantitative estimate of drug-likeness (QED) is 0.887. The van der Waals surface area contributed by atoms with Crippen molar-refractivity contribution >= 4 is 16.8 Å². The number of amides is 1. The first kappa shape index (κ1) is 16.9. The van der Waals surface area contributed by atoms with Crippen molar-refractivity contribution in [3.05, 3.63) is 40.6 Å². The summed E-state index contributed by atoms with van der Waals surface area (Å²) >= 11 is 0. The van der Waals surface area contributed by atoms with Crippen LogP contribution in [0.5, 0.6) is 0 Å². The largest absolute Gasteiger partial charge is 0.349 e. The van der Waals surface area contributed by atoms with E-state index >= 15 is 0 Å². The summed E-state index contributed by atoms with van der Waals surface area (Å²) in [5, 5.41) is 4.30. The Labute approximate surface area is 144 Å². The normalized spacial score (nSPS) is 21.0. The van der Waals surface area contributed by atoms with E-state index in [2.05, 4.69) is 38.2 Å². The zero-order chi connectivity index (χ0) is 17.3. The van der Waals surface area contributed by atoms with Crippen molar-refractivity contribution in [2.75, 3.05) is 0 Å². The van der Waals surface area contributed by atoms with E-state index in [-0.39, 0.29) is 5.91 Å². The number of rotatable bonds is 3. The van der Waals surface area contributed by atoms with Gasteiger partial charge in [0.05, 0.1) is 11.1 Å². The molecule has 128 valence electrons. The van der Waals surface area contributed by atoms with E-state index in [1.165, 1.54) is 19.3 Å². The minimum absolute atomic E-state index is 0.0685. The van der Waals surface area contributed by atoms with Crippen molar-refractivity contribution in [3.8, 4) is 0 Å². The summed E-state index contributed by atoms with van der Waals surface area (Å²) in [6.07, 6.45) is 5.64. The van der Waals surface area contributed by atoms with Gasteiger partial charge in [0.25, 0.3) is 5.91 Å². The summed E-state index contributed by atoms with van der Waals surface area (Å²) in [6, 6.07) is 6.48. The standard InChI is InChI=1S/C21H28N2O/c1-5-17-15(4)20(16-12-13(2)10-11-19(16)22-17)21(24)23-18-9-7-6-8-14(18)3/h10-12,14,18H,5-9H2,1-4H3,(H,23,24)/t14-,18+/m1/s1. The number of hydrogen-bond donors (Lipinski definition) is 1. The Morgan fingerprint density at radius 2 is 2.00 bits per heavy atom. The number of aryl methyl sites for hydroxylation is 2. The third-order valence-electron chi connectivity index (χ3n) is 5.47. The van der Waals surface area contributed by atoms with Gasteiger partial charge in [-0.2, -0.15) is 0 Å². The van der Waals surface area contributed by atoms with Crippen molar-refractivity contribution in [1.29, 1.82) is 0 Å². The van der Waals surface area contributed by atoms with Crippen molar-refractivity contribution < 1.29 is 4.79 Å². The van der Waals surface area contributed by atoms with Crippen molar-refractivity contribution in [2.45, 2.75) is 65.8 Å². The Bertz CT molecular complexity index is 766. The lowest BCUT2D eigenvalue weighted by atomic mass is 9.85. The van der Waals surface area contributed by atoms with Gasteiger partial charge in [-0.3, -0.25) is 9.78 Å². The van der Waals surface area contributed by atoms with Crippen LogP contribution >= 0.6 is 0 Å². The highest BCUT2D eigenvalue weighted by Crippen LogP contribution is 2.27. The summed E-state index contributed by atoms with van der Waals surface area (Å²) in [5.41, 5.74) is 4.95. The average Bonchev–Trinajstić information content (AvgIpc) is 2.56. The zero-order valence-corrected chi connectivity index (χ0v) is 15.3. The van der Waals surface area contributed by atoms with Gasteiger partial charge in [-0.25, -0.2) is 0 Å². The first-order valence-electron chi connectivity index (χ1n) is 9.22. The summed E-state index contributed by atoms with van der Waals surface area (Å²) in [5.74, 6) is 0.627. The molecule has 1 aromatic heterocycles. The van der Waals surface area contributed by atoms with Crippen molar-refractivity contribution in [2.24, 2.45) is 5.92 Å². The minimum Gasteiger partial charge on any atom is -0.349 e. The minimum atomic E-state index is 0.0685. The topological polar surface area (TPSA) is 42.0 Å². The van der Waals surface area contributed by atoms with Crippen LogP contribution in [0, 0.1) is 19.8 Å². The van der Waals surface area contributed by atoms with Crippen LogP contribution in [0.2, 0.25) is 0 Å². The van der Waals surface area contributed by atoms with Crippen LogP contribution in [0.4, 0.5) is 0 Å². The first-order chi connectivity index (χ1) is 11.5. The Morgan fingerprint density at radius 3 is 2.71 bits per heavy atom. The molecule has 1 fully saturated rings. The van der Waals surface area contributed by atoms with Gasteiger partial charge in [0.2, 0.25) is 0 Å². The summed E-state index contributed by atoms with van der Waals surface area (Å²) in [7, 11) is 0. The van der Waals surface area contributed by atoms with Gasteiger partial charge in [0.1, 0.15) is 0 Å². The molecule has 0 spiro atoms. The molecule has 24 heavy (non-hydrogen) atoms. The SMILES string of the molecule is CCc1nc2ccc(C)cc2c(C(=O)N[C@H]2CCCC[C@H]2C)c1C. The molecule has 1 saturated carbocycles. The number of nitrogens with zero attached hydrogens (tertiary/aromatic N) is 1. The fourth-order valence-corrected chi connectivity index (χ4v) is 3.93. The van der Waals surface area contributed by atoms with Crippen LogP contribution in [-0.4, -0.2) is 16.9 Å². The lowest BCUT2D eigenvalue weighted by Gasteiger charge is -2.30. The number of fused-ring (bicyclic) bond motifs is 1. The second-order valence-electron chi connectivity index (χ2n) is 7.27. The number of carbonyl (C=O) groups excluding carboxylic acids is 1. The highest BCUT2D eigenvalue weighted by Gasteiger charge is 2.25. The Kier molecular flexibility index (Phi) is 4.88. The van der Waals surface area contributed by atoms with Crippen LogP contribution in [0.15, 0.2) is 18.2 Å².